The first kappa shape index (κ1) is 19.3. The molecular weight excluding hydrogens is 338 g/mol. The molecule has 138 valence electrons. The van der Waals surface area contributed by atoms with Gasteiger partial charge in [-0.15, -0.1) is 0 Å². The number of aliphatic carboxylic acids is 2. The maximum absolute atomic E-state index is 9.10. The Morgan fingerprint density at radius 1 is 1.08 bits per heavy atom. The van der Waals surface area contributed by atoms with Crippen LogP contribution in [0.2, 0.25) is 0 Å². The lowest BCUT2D eigenvalue weighted by molar-refractivity contribution is -0.159. The van der Waals surface area contributed by atoms with E-state index in [9.17, 15) is 0 Å². The lowest BCUT2D eigenvalue weighted by atomic mass is 10.1. The van der Waals surface area contributed by atoms with Crippen molar-refractivity contribution in [2.24, 2.45) is 0 Å². The van der Waals surface area contributed by atoms with Crippen LogP contribution in [-0.4, -0.2) is 47.4 Å². The van der Waals surface area contributed by atoms with Crippen LogP contribution in [0.15, 0.2) is 48.5 Å². The molecule has 2 aromatic rings. The van der Waals surface area contributed by atoms with Crippen molar-refractivity contribution in [3.63, 3.8) is 0 Å². The van der Waals surface area contributed by atoms with Crippen molar-refractivity contribution >= 4 is 11.9 Å². The van der Waals surface area contributed by atoms with Crippen molar-refractivity contribution in [1.29, 1.82) is 0 Å². The van der Waals surface area contributed by atoms with E-state index in [-0.39, 0.29) is 0 Å². The molecule has 0 radical (unpaired) electrons. The molecule has 7 nitrogen and oxygen atoms in total. The first-order valence-electron chi connectivity index (χ1n) is 8.02. The number of ether oxygens (including phenoxy) is 2. The molecule has 0 fully saturated rings. The highest BCUT2D eigenvalue weighted by atomic mass is 16.5. The number of hydrogen-bond donors (Lipinski definition) is 2. The topological polar surface area (TPSA) is 96.3 Å². The fourth-order valence-corrected chi connectivity index (χ4v) is 2.53. The Labute approximate surface area is 151 Å². The summed E-state index contributed by atoms with van der Waals surface area (Å²) in [5, 5.41) is 14.8. The third kappa shape index (κ3) is 5.49. The molecule has 2 N–H and O–H groups in total. The molecule has 0 amide bonds. The standard InChI is InChI=1S/C17H19NO2.C2H2O4/c1-19-16-9-5-8-15-12-18(13-20-17(15)16)11-10-14-6-3-2-4-7-14;3-1(4)2(5)6/h2-9H,10-13H2,1H3;(H,3,4)(H,5,6). The monoisotopic (exact) mass is 359 g/mol. The molecule has 0 unspecified atom stereocenters. The van der Waals surface area contributed by atoms with Gasteiger partial charge in [-0.1, -0.05) is 42.5 Å². The second-order valence-corrected chi connectivity index (χ2v) is 5.62. The number of fused-ring (bicyclic) bond motifs is 1. The number of carboxylic acids is 2. The summed E-state index contributed by atoms with van der Waals surface area (Å²) in [6.07, 6.45) is 1.05. The third-order valence-corrected chi connectivity index (χ3v) is 3.81. The Morgan fingerprint density at radius 3 is 2.38 bits per heavy atom. The van der Waals surface area contributed by atoms with E-state index in [0.29, 0.717) is 6.73 Å². The normalized spacial score (nSPS) is 12.8. The highest BCUT2D eigenvalue weighted by molar-refractivity contribution is 6.27. The second kappa shape index (κ2) is 9.43. The van der Waals surface area contributed by atoms with Gasteiger partial charge in [-0.2, -0.15) is 0 Å². The van der Waals surface area contributed by atoms with E-state index >= 15 is 0 Å². The molecule has 7 heteroatoms. The van der Waals surface area contributed by atoms with Gasteiger partial charge in [0.1, 0.15) is 6.73 Å². The summed E-state index contributed by atoms with van der Waals surface area (Å²) in [6.45, 7) is 2.54. The fourth-order valence-electron chi connectivity index (χ4n) is 2.53. The van der Waals surface area contributed by atoms with Gasteiger partial charge in [0, 0.05) is 18.7 Å². The summed E-state index contributed by atoms with van der Waals surface area (Å²) in [5.41, 5.74) is 2.56. The van der Waals surface area contributed by atoms with Crippen molar-refractivity contribution in [2.75, 3.05) is 20.4 Å². The number of benzene rings is 2. The van der Waals surface area contributed by atoms with Crippen LogP contribution in [0.3, 0.4) is 0 Å². The van der Waals surface area contributed by atoms with Crippen LogP contribution in [0.25, 0.3) is 0 Å². The maximum Gasteiger partial charge on any atom is 0.414 e. The van der Waals surface area contributed by atoms with Crippen LogP contribution < -0.4 is 9.47 Å². The summed E-state index contributed by atoms with van der Waals surface area (Å²) >= 11 is 0. The Morgan fingerprint density at radius 2 is 1.77 bits per heavy atom. The summed E-state index contributed by atoms with van der Waals surface area (Å²) in [5.74, 6) is -1.93. The Bertz CT molecular complexity index is 735. The lowest BCUT2D eigenvalue weighted by Gasteiger charge is -2.29. The van der Waals surface area contributed by atoms with Crippen molar-refractivity contribution in [1.82, 2.24) is 4.90 Å². The molecule has 1 heterocycles. The molecule has 0 aliphatic carbocycles. The van der Waals surface area contributed by atoms with Gasteiger partial charge >= 0.3 is 11.9 Å². The van der Waals surface area contributed by atoms with Gasteiger partial charge in [0.05, 0.1) is 7.11 Å². The van der Waals surface area contributed by atoms with E-state index in [1.165, 1.54) is 11.1 Å². The number of rotatable bonds is 4. The van der Waals surface area contributed by atoms with Gasteiger partial charge in [0.15, 0.2) is 11.5 Å². The van der Waals surface area contributed by atoms with Crippen LogP contribution in [0.5, 0.6) is 11.5 Å². The van der Waals surface area contributed by atoms with E-state index in [1.807, 2.05) is 12.1 Å². The minimum atomic E-state index is -1.82. The largest absolute Gasteiger partial charge is 0.493 e. The molecule has 2 aromatic carbocycles. The number of para-hydroxylation sites is 1. The van der Waals surface area contributed by atoms with E-state index in [4.69, 9.17) is 29.3 Å². The Balaban J connectivity index is 0.000000352. The van der Waals surface area contributed by atoms with E-state index < -0.39 is 11.9 Å². The van der Waals surface area contributed by atoms with Crippen molar-refractivity contribution < 1.29 is 29.3 Å². The zero-order valence-electron chi connectivity index (χ0n) is 14.4. The zero-order chi connectivity index (χ0) is 18.9. The Hall–Kier alpha value is -3.06. The van der Waals surface area contributed by atoms with Gasteiger partial charge in [-0.25, -0.2) is 9.59 Å². The fraction of sp³-hybridized carbons (Fsp3) is 0.263. The number of hydrogen-bond acceptors (Lipinski definition) is 5. The van der Waals surface area contributed by atoms with Crippen molar-refractivity contribution in [3.8, 4) is 11.5 Å². The quantitative estimate of drug-likeness (QED) is 0.808. The number of methoxy groups -OCH3 is 1. The highest BCUT2D eigenvalue weighted by Crippen LogP contribution is 2.34. The number of carbonyl (C=O) groups is 2. The SMILES string of the molecule is COc1cccc2c1OCN(CCc1ccccc1)C2.O=C(O)C(=O)O. The first-order valence-corrected chi connectivity index (χ1v) is 8.02. The van der Waals surface area contributed by atoms with Crippen molar-refractivity contribution in [3.05, 3.63) is 59.7 Å². The van der Waals surface area contributed by atoms with Crippen LogP contribution >= 0.6 is 0 Å². The molecule has 0 saturated heterocycles. The predicted molar refractivity (Wildman–Crippen MR) is 94.3 cm³/mol. The van der Waals surface area contributed by atoms with Gasteiger partial charge in [0.25, 0.3) is 0 Å². The summed E-state index contributed by atoms with van der Waals surface area (Å²) < 4.78 is 11.2. The number of nitrogens with zero attached hydrogens (tertiary/aromatic N) is 1. The molecule has 0 spiro atoms. The van der Waals surface area contributed by atoms with Gasteiger partial charge in [-0.3, -0.25) is 4.90 Å². The smallest absolute Gasteiger partial charge is 0.414 e. The van der Waals surface area contributed by atoms with E-state index in [1.54, 1.807) is 7.11 Å². The molecule has 3 rings (SSSR count). The zero-order valence-corrected chi connectivity index (χ0v) is 14.4. The van der Waals surface area contributed by atoms with Crippen molar-refractivity contribution in [2.45, 2.75) is 13.0 Å². The Kier molecular flexibility index (Phi) is 6.99. The molecule has 26 heavy (non-hydrogen) atoms. The van der Waals surface area contributed by atoms with Crippen LogP contribution in [0.4, 0.5) is 0 Å². The molecular formula is C19H21NO6. The second-order valence-electron chi connectivity index (χ2n) is 5.62. The average Bonchev–Trinajstić information content (AvgIpc) is 2.66. The molecule has 0 bridgehead atoms. The van der Waals surface area contributed by atoms with E-state index in [2.05, 4.69) is 41.3 Å². The average molecular weight is 359 g/mol. The number of carboxylic acid groups (broad SMARTS) is 2. The van der Waals surface area contributed by atoms with Crippen LogP contribution in [0.1, 0.15) is 11.1 Å². The van der Waals surface area contributed by atoms with Gasteiger partial charge < -0.3 is 19.7 Å². The highest BCUT2D eigenvalue weighted by Gasteiger charge is 2.20. The summed E-state index contributed by atoms with van der Waals surface area (Å²) in [4.78, 5) is 20.5. The minimum absolute atomic E-state index is 0.625. The molecule has 0 saturated carbocycles. The van der Waals surface area contributed by atoms with E-state index in [0.717, 1.165) is 31.0 Å². The lowest BCUT2D eigenvalue weighted by Crippen LogP contribution is -2.33. The summed E-state index contributed by atoms with van der Waals surface area (Å²) in [7, 11) is 1.68. The molecule has 0 aromatic heterocycles. The van der Waals surface area contributed by atoms with Crippen LogP contribution in [-0.2, 0) is 22.6 Å². The predicted octanol–water partition coefficient (Wildman–Crippen LogP) is 2.25. The summed E-state index contributed by atoms with van der Waals surface area (Å²) in [6, 6.07) is 16.6. The van der Waals surface area contributed by atoms with Gasteiger partial charge in [0.2, 0.25) is 0 Å². The van der Waals surface area contributed by atoms with Gasteiger partial charge in [-0.05, 0) is 18.1 Å². The maximum atomic E-state index is 9.10. The molecule has 1 aliphatic heterocycles. The molecule has 1 aliphatic rings. The minimum Gasteiger partial charge on any atom is -0.493 e. The van der Waals surface area contributed by atoms with Crippen LogP contribution in [0, 0.1) is 0 Å². The third-order valence-electron chi connectivity index (χ3n) is 3.81. The first-order chi connectivity index (χ1) is 12.5. The molecule has 0 atom stereocenters.